The molecule has 0 saturated carbocycles. The molecule has 0 rings (SSSR count). The topological polar surface area (TPSA) is 115 Å². The van der Waals surface area contributed by atoms with E-state index >= 15 is 0 Å². The van der Waals surface area contributed by atoms with Gasteiger partial charge in [-0.2, -0.15) is 0 Å². The molecule has 2 atom stereocenters. The Hall–Kier alpha value is -1.14. The maximum absolute atomic E-state index is 10.1. The van der Waals surface area contributed by atoms with Crippen LogP contribution in [0.3, 0.4) is 0 Å². The van der Waals surface area contributed by atoms with Gasteiger partial charge < -0.3 is 20.4 Å². The summed E-state index contributed by atoms with van der Waals surface area (Å²) in [4.78, 5) is 20.1. The van der Waals surface area contributed by atoms with E-state index in [2.05, 4.69) is 6.92 Å². The van der Waals surface area contributed by atoms with E-state index < -0.39 is 24.1 Å². The molecule has 0 spiro atoms. The normalized spacial score (nSPS) is 13.0. The van der Waals surface area contributed by atoms with Crippen molar-refractivity contribution >= 4 is 11.9 Å². The van der Waals surface area contributed by atoms with Crippen LogP contribution in [-0.4, -0.2) is 44.6 Å². The fourth-order valence-electron chi connectivity index (χ4n) is 1.41. The van der Waals surface area contributed by atoms with Crippen molar-refractivity contribution in [3.8, 4) is 0 Å². The van der Waals surface area contributed by atoms with Crippen molar-refractivity contribution in [1.82, 2.24) is 0 Å². The van der Waals surface area contributed by atoms with E-state index in [1.165, 1.54) is 0 Å². The highest BCUT2D eigenvalue weighted by Gasteiger charge is 2.11. The molecule has 0 bridgehead atoms. The number of aliphatic carboxylic acids is 2. The second-order valence-corrected chi connectivity index (χ2v) is 4.70. The molecule has 0 heterocycles. The van der Waals surface area contributed by atoms with Crippen LogP contribution in [0.2, 0.25) is 0 Å². The fraction of sp³-hybridized carbons (Fsp3) is 0.857. The van der Waals surface area contributed by atoms with Crippen LogP contribution in [0.4, 0.5) is 0 Å². The van der Waals surface area contributed by atoms with Gasteiger partial charge in [-0.3, -0.25) is 0 Å². The molecule has 0 fully saturated rings. The van der Waals surface area contributed by atoms with E-state index in [1.807, 2.05) is 6.92 Å². The molecule has 20 heavy (non-hydrogen) atoms. The first kappa shape index (κ1) is 21.2. The number of carboxylic acid groups (broad SMARTS) is 2. The zero-order chi connectivity index (χ0) is 16.0. The third kappa shape index (κ3) is 14.9. The average molecular weight is 292 g/mol. The van der Waals surface area contributed by atoms with Gasteiger partial charge in [-0.15, -0.1) is 0 Å². The molecule has 0 aromatic heterocycles. The average Bonchev–Trinajstić information content (AvgIpc) is 2.41. The zero-order valence-corrected chi connectivity index (χ0v) is 12.4. The minimum Gasteiger partial charge on any atom is -0.479 e. The molecule has 0 aromatic carbocycles. The molecule has 0 aliphatic rings. The van der Waals surface area contributed by atoms with E-state index in [-0.39, 0.29) is 0 Å². The molecule has 120 valence electrons. The number of unbranched alkanes of at least 4 members (excludes halogenated alkanes) is 4. The van der Waals surface area contributed by atoms with Crippen molar-refractivity contribution in [1.29, 1.82) is 0 Å². The number of aliphatic hydroxyl groups excluding tert-OH is 2. The van der Waals surface area contributed by atoms with Gasteiger partial charge in [0.2, 0.25) is 0 Å². The molecule has 0 radical (unpaired) electrons. The van der Waals surface area contributed by atoms with Gasteiger partial charge in [0.1, 0.15) is 0 Å². The Kier molecular flexibility index (Phi) is 15.1. The summed E-state index contributed by atoms with van der Waals surface area (Å²) < 4.78 is 0. The van der Waals surface area contributed by atoms with Gasteiger partial charge in [0.15, 0.2) is 12.2 Å². The van der Waals surface area contributed by atoms with Crippen LogP contribution in [0.5, 0.6) is 0 Å². The number of hydrogen-bond donors (Lipinski definition) is 4. The van der Waals surface area contributed by atoms with E-state index in [0.29, 0.717) is 12.8 Å². The van der Waals surface area contributed by atoms with E-state index in [1.54, 1.807) is 0 Å². The number of aliphatic hydroxyl groups is 2. The Labute approximate surface area is 120 Å². The summed E-state index contributed by atoms with van der Waals surface area (Å²) in [7, 11) is 0. The summed E-state index contributed by atoms with van der Waals surface area (Å²) in [6, 6.07) is 0. The summed E-state index contributed by atoms with van der Waals surface area (Å²) in [5, 5.41) is 33.9. The van der Waals surface area contributed by atoms with Crippen LogP contribution < -0.4 is 0 Å². The summed E-state index contributed by atoms with van der Waals surface area (Å²) in [6.45, 7) is 4.04. The molecule has 0 aliphatic carbocycles. The van der Waals surface area contributed by atoms with Crippen molar-refractivity contribution in [2.75, 3.05) is 0 Å². The van der Waals surface area contributed by atoms with Crippen molar-refractivity contribution in [2.24, 2.45) is 0 Å². The Balaban J connectivity index is 0. The van der Waals surface area contributed by atoms with Crippen molar-refractivity contribution in [3.05, 3.63) is 0 Å². The largest absolute Gasteiger partial charge is 0.479 e. The minimum absolute atomic E-state index is 0.367. The van der Waals surface area contributed by atoms with Crippen LogP contribution in [0.25, 0.3) is 0 Å². The fourth-order valence-corrected chi connectivity index (χ4v) is 1.41. The first-order valence-corrected chi connectivity index (χ1v) is 7.18. The third-order valence-corrected chi connectivity index (χ3v) is 2.73. The Morgan fingerprint density at radius 1 is 0.750 bits per heavy atom. The van der Waals surface area contributed by atoms with Crippen molar-refractivity contribution in [3.63, 3.8) is 0 Å². The first-order valence-electron chi connectivity index (χ1n) is 7.18. The van der Waals surface area contributed by atoms with Gasteiger partial charge in [0.05, 0.1) is 0 Å². The van der Waals surface area contributed by atoms with Gasteiger partial charge in [-0.1, -0.05) is 52.4 Å². The Morgan fingerprint density at radius 3 is 1.50 bits per heavy atom. The molecule has 4 N–H and O–H groups in total. The highest BCUT2D eigenvalue weighted by atomic mass is 16.4. The minimum atomic E-state index is -1.16. The van der Waals surface area contributed by atoms with Gasteiger partial charge in [-0.05, 0) is 12.8 Å². The highest BCUT2D eigenvalue weighted by molar-refractivity contribution is 5.72. The molecule has 0 saturated heterocycles. The SMILES string of the molecule is CCCCC(O)C(=O)O.CCCCCCC(O)C(=O)O. The highest BCUT2D eigenvalue weighted by Crippen LogP contribution is 2.05. The second kappa shape index (κ2) is 14.3. The first-order chi connectivity index (χ1) is 9.36. The van der Waals surface area contributed by atoms with Crippen LogP contribution in [0.15, 0.2) is 0 Å². The summed E-state index contributed by atoms with van der Waals surface area (Å²) in [5.41, 5.74) is 0. The standard InChI is InChI=1S/C8H16O3.C6H12O3/c1-2-3-4-5-6-7(9)8(10)11;1-2-3-4-5(7)6(8)9/h7,9H,2-6H2,1H3,(H,10,11);5,7H,2-4H2,1H3,(H,8,9). The van der Waals surface area contributed by atoms with Crippen LogP contribution in [0, 0.1) is 0 Å². The van der Waals surface area contributed by atoms with E-state index in [0.717, 1.165) is 38.5 Å². The molecule has 0 aromatic rings. The van der Waals surface area contributed by atoms with E-state index in [4.69, 9.17) is 20.4 Å². The lowest BCUT2D eigenvalue weighted by Gasteiger charge is -2.03. The summed E-state index contributed by atoms with van der Waals surface area (Å²) in [6.07, 6.45) is 4.19. The zero-order valence-electron chi connectivity index (χ0n) is 12.4. The predicted molar refractivity (Wildman–Crippen MR) is 75.6 cm³/mol. The lowest BCUT2D eigenvalue weighted by molar-refractivity contribution is -0.147. The van der Waals surface area contributed by atoms with Gasteiger partial charge in [0.25, 0.3) is 0 Å². The van der Waals surface area contributed by atoms with Gasteiger partial charge in [0, 0.05) is 0 Å². The van der Waals surface area contributed by atoms with Crippen LogP contribution in [0.1, 0.15) is 65.2 Å². The molecule has 0 amide bonds. The number of hydrogen-bond acceptors (Lipinski definition) is 4. The predicted octanol–water partition coefficient (Wildman–Crippen LogP) is 2.02. The second-order valence-electron chi connectivity index (χ2n) is 4.70. The maximum Gasteiger partial charge on any atom is 0.332 e. The van der Waals surface area contributed by atoms with Crippen molar-refractivity contribution in [2.45, 2.75) is 77.4 Å². The Bertz CT molecular complexity index is 254. The molecule has 6 heteroatoms. The van der Waals surface area contributed by atoms with E-state index in [9.17, 15) is 9.59 Å². The van der Waals surface area contributed by atoms with Crippen LogP contribution in [-0.2, 0) is 9.59 Å². The lowest BCUT2D eigenvalue weighted by atomic mass is 10.1. The number of carboxylic acids is 2. The molecule has 0 aliphatic heterocycles. The number of rotatable bonds is 10. The molecular weight excluding hydrogens is 264 g/mol. The summed E-state index contributed by atoms with van der Waals surface area (Å²) in [5.74, 6) is -2.23. The summed E-state index contributed by atoms with van der Waals surface area (Å²) >= 11 is 0. The lowest BCUT2D eigenvalue weighted by Crippen LogP contribution is -2.18. The monoisotopic (exact) mass is 292 g/mol. The number of carbonyl (C=O) groups is 2. The van der Waals surface area contributed by atoms with Crippen molar-refractivity contribution < 1.29 is 30.0 Å². The quantitative estimate of drug-likeness (QED) is 0.458. The molecule has 6 nitrogen and oxygen atoms in total. The van der Waals surface area contributed by atoms with Crippen LogP contribution >= 0.6 is 0 Å². The van der Waals surface area contributed by atoms with Gasteiger partial charge in [-0.25, -0.2) is 9.59 Å². The Morgan fingerprint density at radius 2 is 1.15 bits per heavy atom. The smallest absolute Gasteiger partial charge is 0.332 e. The maximum atomic E-state index is 10.1. The van der Waals surface area contributed by atoms with Gasteiger partial charge >= 0.3 is 11.9 Å². The molecule has 2 unspecified atom stereocenters. The molecular formula is C14H28O6. The third-order valence-electron chi connectivity index (χ3n) is 2.73.